The molecule has 0 amide bonds. The normalized spacial score (nSPS) is 11.3. The lowest BCUT2D eigenvalue weighted by molar-refractivity contribution is 0.306. The molecule has 0 saturated heterocycles. The van der Waals surface area contributed by atoms with Gasteiger partial charge in [-0.25, -0.2) is 13.4 Å². The van der Waals surface area contributed by atoms with Gasteiger partial charge in [0.1, 0.15) is 17.9 Å². The van der Waals surface area contributed by atoms with Crippen LogP contribution in [0.15, 0.2) is 102 Å². The Morgan fingerprint density at radius 3 is 2.46 bits per heavy atom. The summed E-state index contributed by atoms with van der Waals surface area (Å²) in [4.78, 5) is 13.1. The SMILES string of the molecule is Cc1cccnc1-c1cc(OCc2ccccc2)ccc1S(=O)(=O)Nc1nccc2cccnc12. The molecule has 35 heavy (non-hydrogen) atoms. The second-order valence-corrected chi connectivity index (χ2v) is 9.59. The number of benzene rings is 2. The van der Waals surface area contributed by atoms with Crippen molar-refractivity contribution in [1.82, 2.24) is 15.0 Å². The average Bonchev–Trinajstić information content (AvgIpc) is 2.88. The fourth-order valence-electron chi connectivity index (χ4n) is 3.79. The number of aromatic nitrogens is 3. The van der Waals surface area contributed by atoms with E-state index in [9.17, 15) is 8.42 Å². The third-order valence-electron chi connectivity index (χ3n) is 5.51. The molecule has 5 rings (SSSR count). The van der Waals surface area contributed by atoms with E-state index in [2.05, 4.69) is 19.7 Å². The van der Waals surface area contributed by atoms with Crippen LogP contribution in [0.3, 0.4) is 0 Å². The Morgan fingerprint density at radius 1 is 0.829 bits per heavy atom. The summed E-state index contributed by atoms with van der Waals surface area (Å²) in [7, 11) is -4.03. The van der Waals surface area contributed by atoms with E-state index in [0.717, 1.165) is 16.5 Å². The monoisotopic (exact) mass is 482 g/mol. The van der Waals surface area contributed by atoms with Crippen molar-refractivity contribution in [1.29, 1.82) is 0 Å². The van der Waals surface area contributed by atoms with Crippen LogP contribution in [0.2, 0.25) is 0 Å². The summed E-state index contributed by atoms with van der Waals surface area (Å²) in [5, 5.41) is 0.783. The van der Waals surface area contributed by atoms with E-state index in [1.54, 1.807) is 42.9 Å². The molecule has 0 aliphatic rings. The lowest BCUT2D eigenvalue weighted by Crippen LogP contribution is -2.16. The van der Waals surface area contributed by atoms with Crippen LogP contribution in [0.5, 0.6) is 5.75 Å². The Kier molecular flexibility index (Phi) is 6.12. The summed E-state index contributed by atoms with van der Waals surface area (Å²) in [6.45, 7) is 2.25. The minimum absolute atomic E-state index is 0.0705. The highest BCUT2D eigenvalue weighted by Gasteiger charge is 2.23. The first-order valence-electron chi connectivity index (χ1n) is 11.0. The third-order valence-corrected chi connectivity index (χ3v) is 6.90. The van der Waals surface area contributed by atoms with Crippen molar-refractivity contribution in [2.45, 2.75) is 18.4 Å². The Hall–Kier alpha value is -4.30. The molecule has 0 radical (unpaired) electrons. The van der Waals surface area contributed by atoms with Crippen molar-refractivity contribution in [2.24, 2.45) is 0 Å². The fraction of sp³-hybridized carbons (Fsp3) is 0.0741. The van der Waals surface area contributed by atoms with Crippen LogP contribution in [-0.2, 0) is 16.6 Å². The summed E-state index contributed by atoms with van der Waals surface area (Å²) in [6, 6.07) is 23.8. The lowest BCUT2D eigenvalue weighted by Gasteiger charge is -2.15. The van der Waals surface area contributed by atoms with Gasteiger partial charge in [-0.05, 0) is 54.4 Å². The van der Waals surface area contributed by atoms with E-state index in [4.69, 9.17) is 4.74 Å². The zero-order chi connectivity index (χ0) is 24.3. The molecule has 0 bridgehead atoms. The van der Waals surface area contributed by atoms with Crippen LogP contribution in [0.1, 0.15) is 11.1 Å². The first-order valence-corrected chi connectivity index (χ1v) is 12.4. The van der Waals surface area contributed by atoms with E-state index in [0.29, 0.717) is 29.1 Å². The van der Waals surface area contributed by atoms with Crippen LogP contribution >= 0.6 is 0 Å². The maximum Gasteiger partial charge on any atom is 0.263 e. The highest BCUT2D eigenvalue weighted by atomic mass is 32.2. The molecule has 3 heterocycles. The largest absolute Gasteiger partial charge is 0.489 e. The number of sulfonamides is 1. The summed E-state index contributed by atoms with van der Waals surface area (Å²) < 4.78 is 35.8. The molecular formula is C27H22N4O3S. The third kappa shape index (κ3) is 4.83. The van der Waals surface area contributed by atoms with Gasteiger partial charge in [0.15, 0.2) is 5.82 Å². The lowest BCUT2D eigenvalue weighted by atomic mass is 10.1. The predicted octanol–water partition coefficient (Wildman–Crippen LogP) is 5.38. The van der Waals surface area contributed by atoms with Crippen molar-refractivity contribution in [3.05, 3.63) is 109 Å². The van der Waals surface area contributed by atoms with Crippen molar-refractivity contribution < 1.29 is 13.2 Å². The number of rotatable bonds is 7. The van der Waals surface area contributed by atoms with Crippen molar-refractivity contribution in [2.75, 3.05) is 4.72 Å². The first kappa shape index (κ1) is 22.5. The molecular weight excluding hydrogens is 460 g/mol. The first-order chi connectivity index (χ1) is 17.0. The molecule has 0 aliphatic carbocycles. The number of nitrogens with zero attached hydrogens (tertiary/aromatic N) is 3. The summed E-state index contributed by atoms with van der Waals surface area (Å²) in [5.41, 5.74) is 3.32. The maximum absolute atomic E-state index is 13.6. The number of hydrogen-bond acceptors (Lipinski definition) is 6. The Labute approximate surface area is 203 Å². The Morgan fingerprint density at radius 2 is 1.63 bits per heavy atom. The maximum atomic E-state index is 13.6. The van der Waals surface area contributed by atoms with Crippen LogP contribution in [0.25, 0.3) is 22.2 Å². The number of nitrogens with one attached hydrogen (secondary N) is 1. The standard InChI is InChI=1S/C27H22N4O3S/c1-19-7-5-14-28-25(19)23-17-22(34-18-20-8-3-2-4-9-20)11-12-24(23)35(32,33)31-27-26-21(13-16-30-27)10-6-15-29-26/h2-17H,18H2,1H3,(H,30,31). The van der Waals surface area contributed by atoms with E-state index >= 15 is 0 Å². The summed E-state index contributed by atoms with van der Waals surface area (Å²) in [5.74, 6) is 0.703. The number of hydrogen-bond donors (Lipinski definition) is 1. The second-order valence-electron chi connectivity index (χ2n) is 7.94. The molecule has 174 valence electrons. The van der Waals surface area contributed by atoms with Gasteiger partial charge in [-0.15, -0.1) is 0 Å². The minimum Gasteiger partial charge on any atom is -0.489 e. The molecule has 8 heteroatoms. The molecule has 5 aromatic rings. The van der Waals surface area contributed by atoms with E-state index in [1.807, 2.05) is 55.5 Å². The Balaban J connectivity index is 1.56. The van der Waals surface area contributed by atoms with Gasteiger partial charge in [0.05, 0.1) is 10.6 Å². The van der Waals surface area contributed by atoms with Gasteiger partial charge in [-0.1, -0.05) is 42.5 Å². The van der Waals surface area contributed by atoms with Crippen LogP contribution in [0.4, 0.5) is 5.82 Å². The van der Waals surface area contributed by atoms with Crippen LogP contribution in [0, 0.1) is 6.92 Å². The highest BCUT2D eigenvalue weighted by molar-refractivity contribution is 7.92. The molecule has 0 unspecified atom stereocenters. The zero-order valence-corrected chi connectivity index (χ0v) is 19.7. The molecule has 7 nitrogen and oxygen atoms in total. The van der Waals surface area contributed by atoms with E-state index < -0.39 is 10.0 Å². The van der Waals surface area contributed by atoms with Gasteiger partial charge in [0, 0.05) is 29.5 Å². The minimum atomic E-state index is -4.03. The summed E-state index contributed by atoms with van der Waals surface area (Å²) in [6.07, 6.45) is 4.79. The van der Waals surface area contributed by atoms with Crippen molar-refractivity contribution in [3.8, 4) is 17.0 Å². The zero-order valence-electron chi connectivity index (χ0n) is 18.9. The molecule has 0 spiro atoms. The second kappa shape index (κ2) is 9.52. The van der Waals surface area contributed by atoms with Gasteiger partial charge < -0.3 is 4.74 Å². The smallest absolute Gasteiger partial charge is 0.263 e. The van der Waals surface area contributed by atoms with Gasteiger partial charge >= 0.3 is 0 Å². The van der Waals surface area contributed by atoms with Crippen molar-refractivity contribution in [3.63, 3.8) is 0 Å². The van der Waals surface area contributed by atoms with Gasteiger partial charge in [0.25, 0.3) is 10.0 Å². The molecule has 3 aromatic heterocycles. The summed E-state index contributed by atoms with van der Waals surface area (Å²) >= 11 is 0. The molecule has 1 N–H and O–H groups in total. The van der Waals surface area contributed by atoms with Gasteiger partial charge in [-0.3, -0.25) is 14.7 Å². The van der Waals surface area contributed by atoms with Crippen LogP contribution < -0.4 is 9.46 Å². The number of anilines is 1. The van der Waals surface area contributed by atoms with Gasteiger partial charge in [-0.2, -0.15) is 0 Å². The fourth-order valence-corrected chi connectivity index (χ4v) is 4.99. The number of pyridine rings is 3. The average molecular weight is 483 g/mol. The number of ether oxygens (including phenoxy) is 1. The van der Waals surface area contributed by atoms with E-state index in [-0.39, 0.29) is 10.7 Å². The molecule has 0 fully saturated rings. The number of fused-ring (bicyclic) bond motifs is 1. The predicted molar refractivity (Wildman–Crippen MR) is 136 cm³/mol. The van der Waals surface area contributed by atoms with Crippen molar-refractivity contribution >= 4 is 26.7 Å². The molecule has 2 aromatic carbocycles. The topological polar surface area (TPSA) is 94.1 Å². The van der Waals surface area contributed by atoms with Gasteiger partial charge in [0.2, 0.25) is 0 Å². The molecule has 0 aliphatic heterocycles. The number of aryl methyl sites for hydroxylation is 1. The van der Waals surface area contributed by atoms with E-state index in [1.165, 1.54) is 6.07 Å². The Bertz CT molecular complexity index is 1600. The highest BCUT2D eigenvalue weighted by Crippen LogP contribution is 2.33. The molecule has 0 atom stereocenters. The molecule has 0 saturated carbocycles. The van der Waals surface area contributed by atoms with Crippen LogP contribution in [-0.4, -0.2) is 23.4 Å². The quantitative estimate of drug-likeness (QED) is 0.335.